The molecule has 3 aromatic carbocycles. The lowest BCUT2D eigenvalue weighted by Gasteiger charge is -2.16. The number of amides is 1. The van der Waals surface area contributed by atoms with Crippen LogP contribution < -0.4 is 29.0 Å². The van der Waals surface area contributed by atoms with Crippen molar-refractivity contribution in [2.24, 2.45) is 0 Å². The molecular weight excluding hydrogens is 460 g/mol. The lowest BCUT2D eigenvalue weighted by Crippen LogP contribution is -2.30. The number of carbonyl (C=O) groups is 1. The van der Waals surface area contributed by atoms with Crippen molar-refractivity contribution in [3.05, 3.63) is 66.7 Å². The van der Waals surface area contributed by atoms with E-state index in [1.165, 1.54) is 44.6 Å². The molecule has 0 saturated heterocycles. The predicted molar refractivity (Wildman–Crippen MR) is 129 cm³/mol. The van der Waals surface area contributed by atoms with Crippen molar-refractivity contribution < 1.29 is 32.2 Å². The van der Waals surface area contributed by atoms with E-state index in [-0.39, 0.29) is 10.6 Å². The predicted octanol–water partition coefficient (Wildman–Crippen LogP) is 3.92. The van der Waals surface area contributed by atoms with Crippen molar-refractivity contribution in [2.45, 2.75) is 17.9 Å². The number of carbonyl (C=O) groups excluding carboxylic acids is 1. The summed E-state index contributed by atoms with van der Waals surface area (Å²) in [4.78, 5) is 12.5. The van der Waals surface area contributed by atoms with Crippen molar-refractivity contribution in [3.63, 3.8) is 0 Å². The highest BCUT2D eigenvalue weighted by Crippen LogP contribution is 2.31. The van der Waals surface area contributed by atoms with Crippen LogP contribution in [0.2, 0.25) is 0 Å². The lowest BCUT2D eigenvalue weighted by molar-refractivity contribution is -0.122. The van der Waals surface area contributed by atoms with Gasteiger partial charge in [-0.1, -0.05) is 6.07 Å². The molecule has 0 spiro atoms. The number of hydrogen-bond acceptors (Lipinski definition) is 7. The van der Waals surface area contributed by atoms with Gasteiger partial charge in [-0.3, -0.25) is 9.52 Å². The summed E-state index contributed by atoms with van der Waals surface area (Å²) in [6.45, 7) is 1.61. The second-order valence-electron chi connectivity index (χ2n) is 7.12. The van der Waals surface area contributed by atoms with Gasteiger partial charge in [-0.25, -0.2) is 8.42 Å². The highest BCUT2D eigenvalue weighted by molar-refractivity contribution is 7.92. The van der Waals surface area contributed by atoms with Gasteiger partial charge >= 0.3 is 0 Å². The fourth-order valence-electron chi connectivity index (χ4n) is 2.99. The van der Waals surface area contributed by atoms with Crippen LogP contribution in [0.4, 0.5) is 11.4 Å². The first-order valence-corrected chi connectivity index (χ1v) is 11.7. The number of nitrogens with one attached hydrogen (secondary N) is 2. The van der Waals surface area contributed by atoms with Gasteiger partial charge in [0.25, 0.3) is 15.9 Å². The Morgan fingerprint density at radius 2 is 1.47 bits per heavy atom. The summed E-state index contributed by atoms with van der Waals surface area (Å²) in [5.41, 5.74) is 0.659. The van der Waals surface area contributed by atoms with E-state index >= 15 is 0 Å². The molecule has 3 aromatic rings. The summed E-state index contributed by atoms with van der Waals surface area (Å²) in [5, 5.41) is 2.71. The van der Waals surface area contributed by atoms with Crippen molar-refractivity contribution in [1.82, 2.24) is 0 Å². The smallest absolute Gasteiger partial charge is 0.265 e. The summed E-state index contributed by atoms with van der Waals surface area (Å²) >= 11 is 0. The molecule has 0 heterocycles. The van der Waals surface area contributed by atoms with E-state index in [9.17, 15) is 13.2 Å². The second kappa shape index (κ2) is 10.8. The van der Waals surface area contributed by atoms with E-state index in [4.69, 9.17) is 18.9 Å². The van der Waals surface area contributed by atoms with Crippen molar-refractivity contribution >= 4 is 27.3 Å². The van der Waals surface area contributed by atoms with E-state index in [0.29, 0.717) is 28.7 Å². The zero-order valence-electron chi connectivity index (χ0n) is 19.2. The first kappa shape index (κ1) is 24.7. The quantitative estimate of drug-likeness (QED) is 0.447. The van der Waals surface area contributed by atoms with Gasteiger partial charge in [0.1, 0.15) is 23.0 Å². The van der Waals surface area contributed by atoms with E-state index < -0.39 is 22.0 Å². The number of anilines is 2. The Bertz CT molecular complexity index is 1240. The number of sulfonamides is 1. The van der Waals surface area contributed by atoms with Crippen LogP contribution in [0.15, 0.2) is 71.6 Å². The van der Waals surface area contributed by atoms with Gasteiger partial charge in [0.05, 0.1) is 31.9 Å². The average Bonchev–Trinajstić information content (AvgIpc) is 2.84. The molecule has 0 bridgehead atoms. The lowest BCUT2D eigenvalue weighted by atomic mass is 10.3. The van der Waals surface area contributed by atoms with Crippen molar-refractivity contribution in [1.29, 1.82) is 0 Å². The highest BCUT2D eigenvalue weighted by Gasteiger charge is 2.19. The second-order valence-corrected chi connectivity index (χ2v) is 8.81. The van der Waals surface area contributed by atoms with Crippen LogP contribution in [0.5, 0.6) is 23.0 Å². The molecule has 0 fully saturated rings. The fourth-order valence-corrected chi connectivity index (χ4v) is 4.05. The minimum Gasteiger partial charge on any atom is -0.497 e. The first-order valence-electron chi connectivity index (χ1n) is 10.2. The Balaban J connectivity index is 1.67. The molecule has 0 saturated carbocycles. The Morgan fingerprint density at radius 1 is 0.824 bits per heavy atom. The van der Waals surface area contributed by atoms with Gasteiger partial charge in [0.2, 0.25) is 0 Å². The minimum atomic E-state index is -3.91. The zero-order valence-corrected chi connectivity index (χ0v) is 20.0. The van der Waals surface area contributed by atoms with Gasteiger partial charge in [-0.15, -0.1) is 0 Å². The molecule has 9 nitrogen and oxygen atoms in total. The largest absolute Gasteiger partial charge is 0.497 e. The van der Waals surface area contributed by atoms with Crippen LogP contribution in [0.1, 0.15) is 6.92 Å². The molecule has 180 valence electrons. The molecule has 2 N–H and O–H groups in total. The van der Waals surface area contributed by atoms with E-state index in [2.05, 4.69) is 10.0 Å². The van der Waals surface area contributed by atoms with Gasteiger partial charge < -0.3 is 24.3 Å². The van der Waals surface area contributed by atoms with Gasteiger partial charge in [-0.2, -0.15) is 0 Å². The summed E-state index contributed by atoms with van der Waals surface area (Å²) in [6, 6.07) is 17.5. The molecule has 0 aliphatic rings. The van der Waals surface area contributed by atoms with Gasteiger partial charge in [0, 0.05) is 17.8 Å². The molecule has 1 amide bonds. The molecule has 0 aromatic heterocycles. The molecule has 0 unspecified atom stereocenters. The van der Waals surface area contributed by atoms with Crippen LogP contribution in [-0.4, -0.2) is 41.8 Å². The van der Waals surface area contributed by atoms with E-state index in [1.54, 1.807) is 50.4 Å². The first-order chi connectivity index (χ1) is 16.2. The third-order valence-electron chi connectivity index (χ3n) is 4.81. The Kier molecular flexibility index (Phi) is 7.85. The number of benzene rings is 3. The SMILES string of the molecule is COc1cccc(O[C@@H](C)C(=O)Nc2ccc(S(=O)(=O)Nc3cc(OC)ccc3OC)cc2)c1. The number of ether oxygens (including phenoxy) is 4. The third kappa shape index (κ3) is 6.10. The monoisotopic (exact) mass is 486 g/mol. The number of hydrogen-bond donors (Lipinski definition) is 2. The molecule has 10 heteroatoms. The maximum absolute atomic E-state index is 12.8. The zero-order chi connectivity index (χ0) is 24.7. The van der Waals surface area contributed by atoms with Crippen LogP contribution >= 0.6 is 0 Å². The summed E-state index contributed by atoms with van der Waals surface area (Å²) in [5.74, 6) is 1.53. The van der Waals surface area contributed by atoms with Crippen molar-refractivity contribution in [2.75, 3.05) is 31.4 Å². The van der Waals surface area contributed by atoms with Gasteiger partial charge in [0.15, 0.2) is 6.10 Å². The standard InChI is InChI=1S/C24H26N2O7S/c1-16(33-20-7-5-6-18(14-20)30-2)24(27)25-17-8-11-21(12-9-17)34(28,29)26-22-15-19(31-3)10-13-23(22)32-4/h5-16,26H,1-4H3,(H,25,27)/t16-/m0/s1. The summed E-state index contributed by atoms with van der Waals surface area (Å²) in [7, 11) is 0.551. The van der Waals surface area contributed by atoms with Gasteiger partial charge in [-0.05, 0) is 55.5 Å². The average molecular weight is 487 g/mol. The Labute approximate surface area is 198 Å². The van der Waals surface area contributed by atoms with E-state index in [0.717, 1.165) is 0 Å². The molecule has 0 radical (unpaired) electrons. The topological polar surface area (TPSA) is 112 Å². The normalized spacial score (nSPS) is 11.8. The molecule has 1 atom stereocenters. The molecule has 3 rings (SSSR count). The molecule has 0 aliphatic carbocycles. The maximum atomic E-state index is 12.8. The molecule has 0 aliphatic heterocycles. The number of rotatable bonds is 10. The Hall–Kier alpha value is -3.92. The van der Waals surface area contributed by atoms with Crippen LogP contribution in [-0.2, 0) is 14.8 Å². The van der Waals surface area contributed by atoms with Crippen molar-refractivity contribution in [3.8, 4) is 23.0 Å². The fraction of sp³-hybridized carbons (Fsp3) is 0.208. The Morgan fingerprint density at radius 3 is 2.12 bits per heavy atom. The minimum absolute atomic E-state index is 0.0102. The molecule has 34 heavy (non-hydrogen) atoms. The highest BCUT2D eigenvalue weighted by atomic mass is 32.2. The van der Waals surface area contributed by atoms with Crippen LogP contribution in [0, 0.1) is 0 Å². The molecular formula is C24H26N2O7S. The number of methoxy groups -OCH3 is 3. The summed E-state index contributed by atoms with van der Waals surface area (Å²) in [6.07, 6.45) is -0.794. The maximum Gasteiger partial charge on any atom is 0.265 e. The third-order valence-corrected chi connectivity index (χ3v) is 6.19. The van der Waals surface area contributed by atoms with E-state index in [1.807, 2.05) is 0 Å². The van der Waals surface area contributed by atoms with Crippen LogP contribution in [0.3, 0.4) is 0 Å². The van der Waals surface area contributed by atoms with Crippen LogP contribution in [0.25, 0.3) is 0 Å². The summed E-state index contributed by atoms with van der Waals surface area (Å²) < 4.78 is 49.3.